The molecule has 0 spiro atoms. The molecule has 2 heterocycles. The summed E-state index contributed by atoms with van der Waals surface area (Å²) in [5.41, 5.74) is 5.91. The number of nitrogens with zero attached hydrogens (tertiary/aromatic N) is 2. The van der Waals surface area contributed by atoms with Gasteiger partial charge in [-0.05, 0) is 24.8 Å². The van der Waals surface area contributed by atoms with Crippen molar-refractivity contribution in [2.75, 3.05) is 37.7 Å². The highest BCUT2D eigenvalue weighted by atomic mass is 19.1. The highest BCUT2D eigenvalue weighted by Gasteiger charge is 2.31. The van der Waals surface area contributed by atoms with Crippen LogP contribution in [0.4, 0.5) is 10.1 Å². The van der Waals surface area contributed by atoms with Crippen LogP contribution in [-0.4, -0.2) is 61.5 Å². The highest BCUT2D eigenvalue weighted by Crippen LogP contribution is 2.28. The quantitative estimate of drug-likeness (QED) is 0.376. The zero-order valence-electron chi connectivity index (χ0n) is 17.2. The zero-order chi connectivity index (χ0) is 21.7. The maximum atomic E-state index is 14.8. The zero-order valence-corrected chi connectivity index (χ0v) is 17.2. The Hall–Kier alpha value is -2.68. The van der Waals surface area contributed by atoms with E-state index in [1.165, 1.54) is 0 Å². The van der Waals surface area contributed by atoms with Crippen LogP contribution in [0.2, 0.25) is 0 Å². The van der Waals surface area contributed by atoms with Gasteiger partial charge in [0.15, 0.2) is 5.82 Å². The summed E-state index contributed by atoms with van der Waals surface area (Å²) in [7, 11) is 0. The molecule has 0 radical (unpaired) electrons. The van der Waals surface area contributed by atoms with Gasteiger partial charge in [-0.25, -0.2) is 4.39 Å². The number of benzene rings is 1. The maximum absolute atomic E-state index is 14.8. The predicted octanol–water partition coefficient (Wildman–Crippen LogP) is 1.66. The first-order chi connectivity index (χ1) is 14.3. The lowest BCUT2D eigenvalue weighted by Gasteiger charge is -2.42. The average molecular weight is 420 g/mol. The van der Waals surface area contributed by atoms with Crippen molar-refractivity contribution in [3.8, 4) is 0 Å². The fourth-order valence-electron chi connectivity index (χ4n) is 3.71. The molecule has 0 bridgehead atoms. The lowest BCUT2D eigenvalue weighted by Crippen LogP contribution is -2.53. The second-order valence-corrected chi connectivity index (χ2v) is 7.92. The number of halogens is 1. The minimum atomic E-state index is -0.654. The Morgan fingerprint density at radius 1 is 1.27 bits per heavy atom. The molecule has 0 aliphatic carbocycles. The number of amides is 1. The third-order valence-electron chi connectivity index (χ3n) is 5.60. The summed E-state index contributed by atoms with van der Waals surface area (Å²) in [5, 5.41) is 7.09. The number of carbonyl (C=O) groups excluding carboxylic acids is 2. The van der Waals surface area contributed by atoms with Crippen molar-refractivity contribution in [2.24, 2.45) is 11.7 Å². The monoisotopic (exact) mass is 420 g/mol. The largest absolute Gasteiger partial charge is 0.460 e. The van der Waals surface area contributed by atoms with Gasteiger partial charge in [0.1, 0.15) is 18.9 Å². The summed E-state index contributed by atoms with van der Waals surface area (Å²) in [6, 6.07) is 4.99. The molecular formula is C21H29FN4O4. The van der Waals surface area contributed by atoms with Crippen LogP contribution in [-0.2, 0) is 25.7 Å². The van der Waals surface area contributed by atoms with Gasteiger partial charge < -0.3 is 25.0 Å². The van der Waals surface area contributed by atoms with Crippen molar-refractivity contribution in [2.45, 2.75) is 38.9 Å². The van der Waals surface area contributed by atoms with Crippen molar-refractivity contribution in [1.29, 1.82) is 5.41 Å². The molecule has 30 heavy (non-hydrogen) atoms. The van der Waals surface area contributed by atoms with E-state index in [1.807, 2.05) is 9.80 Å². The van der Waals surface area contributed by atoms with Crippen molar-refractivity contribution in [1.82, 2.24) is 4.90 Å². The third-order valence-corrected chi connectivity index (χ3v) is 5.60. The van der Waals surface area contributed by atoms with E-state index in [2.05, 4.69) is 0 Å². The van der Waals surface area contributed by atoms with Crippen molar-refractivity contribution in [3.05, 3.63) is 29.6 Å². The van der Waals surface area contributed by atoms with Crippen molar-refractivity contribution in [3.63, 3.8) is 0 Å². The number of rotatable bonds is 8. The fraction of sp³-hybridized carbons (Fsp3) is 0.571. The Morgan fingerprint density at radius 3 is 2.60 bits per heavy atom. The summed E-state index contributed by atoms with van der Waals surface area (Å²) < 4.78 is 25.8. The minimum absolute atomic E-state index is 0.0623. The molecule has 2 aliphatic rings. The second-order valence-electron chi connectivity index (χ2n) is 7.92. The first-order valence-corrected chi connectivity index (χ1v) is 10.2. The number of nitrogens with two attached hydrogens (primary N) is 1. The van der Waals surface area contributed by atoms with Gasteiger partial charge in [-0.15, -0.1) is 0 Å². The van der Waals surface area contributed by atoms with Gasteiger partial charge in [-0.3, -0.25) is 15.0 Å². The number of anilines is 1. The third kappa shape index (κ3) is 5.69. The summed E-state index contributed by atoms with van der Waals surface area (Å²) in [6.45, 7) is 4.86. The Kier molecular flexibility index (Phi) is 7.25. The smallest absolute Gasteiger partial charge is 0.313 e. The highest BCUT2D eigenvalue weighted by molar-refractivity contribution is 5.94. The molecule has 2 aliphatic heterocycles. The Labute approximate surface area is 175 Å². The number of esters is 1. The van der Waals surface area contributed by atoms with Gasteiger partial charge in [-0.1, -0.05) is 12.1 Å². The number of piperidine rings is 1. The second kappa shape index (κ2) is 9.88. The Morgan fingerprint density at radius 2 is 1.97 bits per heavy atom. The molecule has 1 amide bonds. The lowest BCUT2D eigenvalue weighted by atomic mass is 9.97. The number of ether oxygens (including phenoxy) is 2. The molecule has 1 aromatic carbocycles. The van der Waals surface area contributed by atoms with E-state index in [9.17, 15) is 14.0 Å². The number of likely N-dealkylation sites (tertiary alicyclic amines) is 1. The summed E-state index contributed by atoms with van der Waals surface area (Å²) in [6.07, 6.45) is 1.66. The molecule has 1 aromatic rings. The van der Waals surface area contributed by atoms with Gasteiger partial charge in [0.25, 0.3) is 0 Å². The number of nitrogens with one attached hydrogen (secondary N) is 1. The standard InChI is InChI=1S/C21H29FN4O4/c1-14(27)25-7-5-15(6-8-25)12-29-17-10-26(11-17)18-4-2-3-16(21(18)22)13-30-20(28)9-19(23)24/h2-4,15,17H,5-13H2,1H3,(H3,23,24). The lowest BCUT2D eigenvalue weighted by molar-refractivity contribution is -0.143. The van der Waals surface area contributed by atoms with Gasteiger partial charge >= 0.3 is 5.97 Å². The number of hydrogen-bond donors (Lipinski definition) is 2. The van der Waals surface area contributed by atoms with E-state index in [1.54, 1.807) is 25.1 Å². The molecule has 0 aromatic heterocycles. The maximum Gasteiger partial charge on any atom is 0.313 e. The van der Waals surface area contributed by atoms with E-state index >= 15 is 0 Å². The first kappa shape index (κ1) is 22.0. The van der Waals surface area contributed by atoms with Gasteiger partial charge in [0.05, 0.1) is 18.4 Å². The van der Waals surface area contributed by atoms with E-state index < -0.39 is 11.8 Å². The molecule has 3 rings (SSSR count). The first-order valence-electron chi connectivity index (χ1n) is 10.2. The van der Waals surface area contributed by atoms with Crippen LogP contribution >= 0.6 is 0 Å². The fourth-order valence-corrected chi connectivity index (χ4v) is 3.71. The predicted molar refractivity (Wildman–Crippen MR) is 110 cm³/mol. The molecule has 0 unspecified atom stereocenters. The molecule has 2 fully saturated rings. The van der Waals surface area contributed by atoms with E-state index in [0.717, 1.165) is 25.9 Å². The van der Waals surface area contributed by atoms with E-state index in [-0.39, 0.29) is 36.4 Å². The SMILES string of the molecule is CC(=O)N1CCC(COC2CN(c3cccc(COC(=O)CC(=N)N)c3F)C2)CC1. The van der Waals surface area contributed by atoms with Crippen LogP contribution in [0, 0.1) is 17.1 Å². The number of hydrogen-bond acceptors (Lipinski definition) is 6. The Balaban J connectivity index is 1.42. The van der Waals surface area contributed by atoms with E-state index in [4.69, 9.17) is 20.6 Å². The van der Waals surface area contributed by atoms with Gasteiger partial charge in [-0.2, -0.15) is 0 Å². The average Bonchev–Trinajstić information content (AvgIpc) is 2.66. The summed E-state index contributed by atoms with van der Waals surface area (Å²) >= 11 is 0. The van der Waals surface area contributed by atoms with Crippen LogP contribution in [0.15, 0.2) is 18.2 Å². The minimum Gasteiger partial charge on any atom is -0.460 e. The number of carbonyl (C=O) groups is 2. The molecular weight excluding hydrogens is 391 g/mol. The molecule has 9 heteroatoms. The molecule has 0 atom stereocenters. The van der Waals surface area contributed by atoms with Crippen molar-refractivity contribution >= 4 is 23.4 Å². The van der Waals surface area contributed by atoms with Gasteiger partial charge in [0, 0.05) is 38.7 Å². The molecule has 0 saturated carbocycles. The summed E-state index contributed by atoms with van der Waals surface area (Å²) in [5.74, 6) is -0.770. The number of amidine groups is 1. The normalized spacial score (nSPS) is 17.5. The molecule has 3 N–H and O–H groups in total. The molecule has 164 valence electrons. The Bertz CT molecular complexity index is 789. The van der Waals surface area contributed by atoms with Crippen LogP contribution < -0.4 is 10.6 Å². The van der Waals surface area contributed by atoms with Gasteiger partial charge in [0.2, 0.25) is 5.91 Å². The van der Waals surface area contributed by atoms with Crippen molar-refractivity contribution < 1.29 is 23.5 Å². The van der Waals surface area contributed by atoms with Crippen LogP contribution in [0.5, 0.6) is 0 Å². The van der Waals surface area contributed by atoms with Crippen LogP contribution in [0.1, 0.15) is 31.7 Å². The summed E-state index contributed by atoms with van der Waals surface area (Å²) in [4.78, 5) is 26.7. The van der Waals surface area contributed by atoms with Crippen LogP contribution in [0.3, 0.4) is 0 Å². The molecule has 8 nitrogen and oxygen atoms in total. The topological polar surface area (TPSA) is 109 Å². The van der Waals surface area contributed by atoms with Crippen LogP contribution in [0.25, 0.3) is 0 Å². The molecule has 2 saturated heterocycles. The van der Waals surface area contributed by atoms with E-state index in [0.29, 0.717) is 31.3 Å².